The summed E-state index contributed by atoms with van der Waals surface area (Å²) in [5.41, 5.74) is 0.138. The molecule has 1 N–H and O–H groups in total. The van der Waals surface area contributed by atoms with Crippen molar-refractivity contribution >= 4 is 5.91 Å². The number of amides is 1. The van der Waals surface area contributed by atoms with Gasteiger partial charge in [-0.3, -0.25) is 14.6 Å². The lowest BCUT2D eigenvalue weighted by Crippen LogP contribution is -2.58. The summed E-state index contributed by atoms with van der Waals surface area (Å²) in [7, 11) is 1.59. The molecule has 1 aromatic carbocycles. The molecule has 1 saturated carbocycles. The summed E-state index contributed by atoms with van der Waals surface area (Å²) >= 11 is 0. The van der Waals surface area contributed by atoms with Gasteiger partial charge in [-0.2, -0.15) is 5.26 Å². The van der Waals surface area contributed by atoms with Crippen LogP contribution in [0.25, 0.3) is 0 Å². The molecule has 1 heterocycles. The number of carbonyl (C=O) groups excluding carboxylic acids is 1. The molecular weight excluding hydrogens is 371 g/mol. The van der Waals surface area contributed by atoms with Crippen LogP contribution in [0.2, 0.25) is 0 Å². The minimum Gasteiger partial charge on any atom is -0.496 e. The first-order valence-corrected chi connectivity index (χ1v) is 10.5. The number of hydrogen-bond donors (Lipinski definition) is 1. The first-order valence-electron chi connectivity index (χ1n) is 10.5. The Morgan fingerprint density at radius 2 is 1.97 bits per heavy atom. The fourth-order valence-electron chi connectivity index (χ4n) is 4.35. The van der Waals surface area contributed by atoms with Crippen molar-refractivity contribution in [3.05, 3.63) is 29.6 Å². The Kier molecular flexibility index (Phi) is 7.09. The number of benzene rings is 1. The SMILES string of the molecule is COc1ccc(F)cc1CN1CCN(C(C)C(=O)NC2(C#N)CCCCC2)CC1. The van der Waals surface area contributed by atoms with Crippen LogP contribution in [0.15, 0.2) is 18.2 Å². The van der Waals surface area contributed by atoms with Crippen LogP contribution in [0.4, 0.5) is 4.39 Å². The molecule has 1 aliphatic heterocycles. The van der Waals surface area contributed by atoms with Gasteiger partial charge < -0.3 is 10.1 Å². The topological polar surface area (TPSA) is 68.6 Å². The van der Waals surface area contributed by atoms with Crippen LogP contribution in [0.3, 0.4) is 0 Å². The molecule has 29 heavy (non-hydrogen) atoms. The number of hydrogen-bond acceptors (Lipinski definition) is 5. The molecule has 0 spiro atoms. The molecule has 1 aliphatic carbocycles. The first kappa shape index (κ1) is 21.5. The predicted molar refractivity (Wildman–Crippen MR) is 109 cm³/mol. The number of nitriles is 1. The Balaban J connectivity index is 1.53. The smallest absolute Gasteiger partial charge is 0.238 e. The fourth-order valence-corrected chi connectivity index (χ4v) is 4.35. The van der Waals surface area contributed by atoms with Crippen molar-refractivity contribution in [3.63, 3.8) is 0 Å². The highest BCUT2D eigenvalue weighted by Crippen LogP contribution is 2.28. The van der Waals surface area contributed by atoms with Crippen molar-refractivity contribution in [1.82, 2.24) is 15.1 Å². The van der Waals surface area contributed by atoms with Gasteiger partial charge in [0.05, 0.1) is 19.2 Å². The van der Waals surface area contributed by atoms with Gasteiger partial charge in [-0.05, 0) is 38.0 Å². The predicted octanol–water partition coefficient (Wildman–Crippen LogP) is 2.68. The lowest BCUT2D eigenvalue weighted by molar-refractivity contribution is -0.128. The molecule has 1 amide bonds. The normalized spacial score (nSPS) is 21.2. The Hall–Kier alpha value is -2.17. The van der Waals surface area contributed by atoms with E-state index in [1.165, 1.54) is 12.1 Å². The van der Waals surface area contributed by atoms with Crippen molar-refractivity contribution in [1.29, 1.82) is 5.26 Å². The molecule has 158 valence electrons. The molecule has 2 fully saturated rings. The van der Waals surface area contributed by atoms with E-state index in [1.807, 2.05) is 6.92 Å². The van der Waals surface area contributed by atoms with Gasteiger partial charge in [0.2, 0.25) is 5.91 Å². The Bertz CT molecular complexity index is 750. The van der Waals surface area contributed by atoms with Gasteiger partial charge in [0, 0.05) is 38.3 Å². The van der Waals surface area contributed by atoms with Gasteiger partial charge in [0.1, 0.15) is 17.1 Å². The Morgan fingerprint density at radius 1 is 1.28 bits per heavy atom. The van der Waals surface area contributed by atoms with Gasteiger partial charge in [-0.1, -0.05) is 19.3 Å². The Labute approximate surface area is 172 Å². The van der Waals surface area contributed by atoms with E-state index in [1.54, 1.807) is 13.2 Å². The average molecular weight is 403 g/mol. The summed E-state index contributed by atoms with van der Waals surface area (Å²) in [5, 5.41) is 12.6. The molecule has 1 aromatic rings. The third-order valence-electron chi connectivity index (χ3n) is 6.25. The van der Waals surface area contributed by atoms with E-state index >= 15 is 0 Å². The average Bonchev–Trinajstić information content (AvgIpc) is 2.74. The quantitative estimate of drug-likeness (QED) is 0.792. The summed E-state index contributed by atoms with van der Waals surface area (Å²) in [4.78, 5) is 17.2. The molecule has 6 nitrogen and oxygen atoms in total. The molecule has 3 rings (SSSR count). The monoisotopic (exact) mass is 402 g/mol. The molecular formula is C22H31FN4O2. The minimum atomic E-state index is -0.695. The summed E-state index contributed by atoms with van der Waals surface area (Å²) < 4.78 is 18.9. The third-order valence-corrected chi connectivity index (χ3v) is 6.25. The zero-order valence-electron chi connectivity index (χ0n) is 17.4. The Morgan fingerprint density at radius 3 is 2.59 bits per heavy atom. The highest BCUT2D eigenvalue weighted by molar-refractivity contribution is 5.82. The van der Waals surface area contributed by atoms with Crippen LogP contribution in [-0.4, -0.2) is 60.6 Å². The number of carbonyl (C=O) groups is 1. The number of halogens is 1. The van der Waals surface area contributed by atoms with E-state index in [-0.39, 0.29) is 17.8 Å². The second kappa shape index (κ2) is 9.55. The molecule has 1 atom stereocenters. The van der Waals surface area contributed by atoms with Crippen molar-refractivity contribution in [2.24, 2.45) is 0 Å². The summed E-state index contributed by atoms with van der Waals surface area (Å²) in [6, 6.07) is 6.66. The van der Waals surface area contributed by atoms with Crippen LogP contribution in [0, 0.1) is 17.1 Å². The molecule has 1 saturated heterocycles. The van der Waals surface area contributed by atoms with Crippen molar-refractivity contribution in [2.75, 3.05) is 33.3 Å². The first-order chi connectivity index (χ1) is 14.0. The van der Waals surface area contributed by atoms with Crippen LogP contribution in [0.1, 0.15) is 44.6 Å². The van der Waals surface area contributed by atoms with E-state index in [9.17, 15) is 14.4 Å². The number of rotatable bonds is 6. The number of nitrogens with one attached hydrogen (secondary N) is 1. The molecule has 0 aromatic heterocycles. The van der Waals surface area contributed by atoms with Crippen LogP contribution >= 0.6 is 0 Å². The highest BCUT2D eigenvalue weighted by atomic mass is 19.1. The maximum atomic E-state index is 13.6. The van der Waals surface area contributed by atoms with Crippen LogP contribution < -0.4 is 10.1 Å². The number of methoxy groups -OCH3 is 1. The van der Waals surface area contributed by atoms with Gasteiger partial charge in [-0.25, -0.2) is 4.39 Å². The largest absolute Gasteiger partial charge is 0.496 e. The van der Waals surface area contributed by atoms with E-state index in [0.29, 0.717) is 12.3 Å². The minimum absolute atomic E-state index is 0.0614. The molecule has 0 bridgehead atoms. The standard InChI is InChI=1S/C22H31FN4O2/c1-17(21(28)25-22(16-24)8-4-3-5-9-22)27-12-10-26(11-13-27)15-18-14-19(23)6-7-20(18)29-2/h6-7,14,17H,3-5,8-13,15H2,1-2H3,(H,25,28). The van der Waals surface area contributed by atoms with E-state index in [0.717, 1.165) is 63.8 Å². The number of ether oxygens (including phenoxy) is 1. The maximum Gasteiger partial charge on any atom is 0.238 e. The molecule has 1 unspecified atom stereocenters. The maximum absolute atomic E-state index is 13.6. The van der Waals surface area contributed by atoms with Crippen molar-refractivity contribution < 1.29 is 13.9 Å². The van der Waals surface area contributed by atoms with Crippen molar-refractivity contribution in [2.45, 2.75) is 57.2 Å². The second-order valence-corrected chi connectivity index (χ2v) is 8.19. The molecule has 2 aliphatic rings. The summed E-state index contributed by atoms with van der Waals surface area (Å²) in [6.07, 6.45) is 4.60. The fraction of sp³-hybridized carbons (Fsp3) is 0.636. The summed E-state index contributed by atoms with van der Waals surface area (Å²) in [5.74, 6) is 0.364. The zero-order chi connectivity index (χ0) is 20.9. The third kappa shape index (κ3) is 5.26. The molecule has 0 radical (unpaired) electrons. The number of nitrogens with zero attached hydrogens (tertiary/aromatic N) is 3. The van der Waals surface area contributed by atoms with E-state index in [2.05, 4.69) is 21.2 Å². The van der Waals surface area contributed by atoms with Gasteiger partial charge in [0.25, 0.3) is 0 Å². The summed E-state index contributed by atoms with van der Waals surface area (Å²) in [6.45, 7) is 5.63. The lowest BCUT2D eigenvalue weighted by atomic mass is 9.82. The highest BCUT2D eigenvalue weighted by Gasteiger charge is 2.36. The van der Waals surface area contributed by atoms with Gasteiger partial charge in [0.15, 0.2) is 0 Å². The second-order valence-electron chi connectivity index (χ2n) is 8.19. The van der Waals surface area contributed by atoms with Crippen molar-refractivity contribution in [3.8, 4) is 11.8 Å². The van der Waals surface area contributed by atoms with E-state index in [4.69, 9.17) is 4.74 Å². The van der Waals surface area contributed by atoms with Gasteiger partial charge >= 0.3 is 0 Å². The zero-order valence-corrected chi connectivity index (χ0v) is 17.4. The van der Waals surface area contributed by atoms with Crippen LogP contribution in [0.5, 0.6) is 5.75 Å². The number of piperazine rings is 1. The van der Waals surface area contributed by atoms with Crippen LogP contribution in [-0.2, 0) is 11.3 Å². The van der Waals surface area contributed by atoms with Gasteiger partial charge in [-0.15, -0.1) is 0 Å². The van der Waals surface area contributed by atoms with E-state index < -0.39 is 5.54 Å². The lowest BCUT2D eigenvalue weighted by Gasteiger charge is -2.39. The molecule has 7 heteroatoms.